The van der Waals surface area contributed by atoms with Gasteiger partial charge in [0, 0.05) is 17.0 Å². The number of carbonyl (C=O) groups is 1. The fraction of sp³-hybridized carbons (Fsp3) is 0.200. The van der Waals surface area contributed by atoms with E-state index >= 15 is 0 Å². The van der Waals surface area contributed by atoms with Crippen LogP contribution in [0.3, 0.4) is 0 Å². The monoisotopic (exact) mass is 321 g/mol. The molecule has 0 radical (unpaired) electrons. The Bertz CT molecular complexity index is 868. The molecule has 3 aromatic rings. The topological polar surface area (TPSA) is 42.2 Å². The Morgan fingerprint density at radius 2 is 1.58 bits per heavy atom. The van der Waals surface area contributed by atoms with E-state index in [1.165, 1.54) is 0 Å². The van der Waals surface area contributed by atoms with E-state index in [-0.39, 0.29) is 0 Å². The van der Waals surface area contributed by atoms with E-state index < -0.39 is 11.7 Å². The SMILES string of the molecule is CC(C)(C)OC(=O)N[n+]1cc2ccccc2cc1-c1ccccc1. The maximum absolute atomic E-state index is 12.2. The van der Waals surface area contributed by atoms with Crippen molar-refractivity contribution in [1.82, 2.24) is 0 Å². The molecule has 2 aromatic carbocycles. The third kappa shape index (κ3) is 3.71. The number of nitrogens with one attached hydrogen (secondary N) is 1. The molecule has 0 fully saturated rings. The Morgan fingerprint density at radius 1 is 0.958 bits per heavy atom. The lowest BCUT2D eigenvalue weighted by Crippen LogP contribution is -2.51. The van der Waals surface area contributed by atoms with Crippen molar-refractivity contribution >= 4 is 16.9 Å². The number of aromatic nitrogens is 1. The molecule has 0 aliphatic rings. The first-order valence-electron chi connectivity index (χ1n) is 7.92. The lowest BCUT2D eigenvalue weighted by atomic mass is 10.1. The molecule has 1 heterocycles. The molecule has 4 heteroatoms. The molecular formula is C20H21N2O2+. The number of amides is 1. The van der Waals surface area contributed by atoms with E-state index in [4.69, 9.17) is 4.74 Å². The molecule has 4 nitrogen and oxygen atoms in total. The summed E-state index contributed by atoms with van der Waals surface area (Å²) in [4.78, 5) is 12.2. The second kappa shape index (κ2) is 6.32. The van der Waals surface area contributed by atoms with Crippen molar-refractivity contribution in [3.05, 3.63) is 66.9 Å². The normalized spacial score (nSPS) is 11.3. The second-order valence-corrected chi connectivity index (χ2v) is 6.64. The molecule has 1 amide bonds. The molecule has 0 aliphatic carbocycles. The molecule has 0 bridgehead atoms. The van der Waals surface area contributed by atoms with Crippen LogP contribution in [-0.2, 0) is 4.74 Å². The van der Waals surface area contributed by atoms with Gasteiger partial charge in [-0.05, 0) is 44.4 Å². The summed E-state index contributed by atoms with van der Waals surface area (Å²) in [5, 5.41) is 2.15. The van der Waals surface area contributed by atoms with Gasteiger partial charge < -0.3 is 4.74 Å². The highest BCUT2D eigenvalue weighted by Crippen LogP contribution is 2.20. The molecule has 0 saturated carbocycles. The van der Waals surface area contributed by atoms with E-state index in [1.54, 1.807) is 4.68 Å². The number of rotatable bonds is 2. The fourth-order valence-electron chi connectivity index (χ4n) is 2.51. The summed E-state index contributed by atoms with van der Waals surface area (Å²) in [6.07, 6.45) is 1.42. The van der Waals surface area contributed by atoms with Crippen LogP contribution in [0.25, 0.3) is 22.0 Å². The van der Waals surface area contributed by atoms with Crippen LogP contribution in [0.5, 0.6) is 0 Å². The minimum atomic E-state index is -0.547. The van der Waals surface area contributed by atoms with Gasteiger partial charge in [-0.15, -0.1) is 0 Å². The Balaban J connectivity index is 2.05. The summed E-state index contributed by atoms with van der Waals surface area (Å²) in [5.41, 5.74) is 4.17. The van der Waals surface area contributed by atoms with Gasteiger partial charge in [0.25, 0.3) is 0 Å². The predicted molar refractivity (Wildman–Crippen MR) is 95.2 cm³/mol. The smallest absolute Gasteiger partial charge is 0.440 e. The minimum absolute atomic E-state index is 0.486. The van der Waals surface area contributed by atoms with Gasteiger partial charge in [0.15, 0.2) is 0 Å². The van der Waals surface area contributed by atoms with Crippen molar-refractivity contribution in [2.24, 2.45) is 0 Å². The molecule has 0 unspecified atom stereocenters. The average molecular weight is 321 g/mol. The number of hydrogen-bond donors (Lipinski definition) is 1. The predicted octanol–water partition coefficient (Wildman–Crippen LogP) is 4.27. The summed E-state index contributed by atoms with van der Waals surface area (Å²) < 4.78 is 7.09. The van der Waals surface area contributed by atoms with Crippen LogP contribution in [0, 0.1) is 0 Å². The third-order valence-electron chi connectivity index (χ3n) is 3.50. The zero-order valence-corrected chi connectivity index (χ0v) is 14.1. The van der Waals surface area contributed by atoms with Crippen molar-refractivity contribution < 1.29 is 14.2 Å². The lowest BCUT2D eigenvalue weighted by molar-refractivity contribution is -0.630. The number of pyridine rings is 1. The summed E-state index contributed by atoms with van der Waals surface area (Å²) in [6, 6.07) is 20.0. The standard InChI is InChI=1S/C20H20N2O2/c1-20(2,3)24-19(23)21-22-14-17-12-8-7-11-16(17)13-18(22)15-9-5-4-6-10-15/h4-14H,1-3H3/p+1. The highest BCUT2D eigenvalue weighted by atomic mass is 16.6. The quantitative estimate of drug-likeness (QED) is 0.716. The Hall–Kier alpha value is -2.88. The van der Waals surface area contributed by atoms with Crippen molar-refractivity contribution in [3.8, 4) is 11.3 Å². The molecule has 0 saturated heterocycles. The number of nitrogens with zero attached hydrogens (tertiary/aromatic N) is 1. The Kier molecular flexibility index (Phi) is 4.21. The molecule has 1 aromatic heterocycles. The van der Waals surface area contributed by atoms with Gasteiger partial charge in [-0.1, -0.05) is 46.5 Å². The van der Waals surface area contributed by atoms with Gasteiger partial charge in [0.1, 0.15) is 5.60 Å². The van der Waals surface area contributed by atoms with Crippen LogP contribution in [0.15, 0.2) is 66.9 Å². The molecule has 24 heavy (non-hydrogen) atoms. The van der Waals surface area contributed by atoms with Gasteiger partial charge >= 0.3 is 6.09 Å². The Morgan fingerprint density at radius 3 is 2.25 bits per heavy atom. The van der Waals surface area contributed by atoms with Crippen LogP contribution in [0.4, 0.5) is 4.79 Å². The number of ether oxygens (including phenoxy) is 1. The molecular weight excluding hydrogens is 300 g/mol. The number of hydrogen-bond acceptors (Lipinski definition) is 2. The summed E-state index contributed by atoms with van der Waals surface area (Å²) in [7, 11) is 0. The molecule has 3 rings (SSSR count). The zero-order valence-electron chi connectivity index (χ0n) is 14.1. The van der Waals surface area contributed by atoms with E-state index in [1.807, 2.05) is 75.5 Å². The van der Waals surface area contributed by atoms with Crippen LogP contribution in [-0.4, -0.2) is 11.7 Å². The first-order valence-corrected chi connectivity index (χ1v) is 7.92. The van der Waals surface area contributed by atoms with E-state index in [9.17, 15) is 4.79 Å². The van der Waals surface area contributed by atoms with E-state index in [2.05, 4.69) is 17.6 Å². The largest absolute Gasteiger partial charge is 0.461 e. The number of benzene rings is 2. The maximum Gasteiger partial charge on any atom is 0.461 e. The number of fused-ring (bicyclic) bond motifs is 1. The summed E-state index contributed by atoms with van der Waals surface area (Å²) in [5.74, 6) is 0. The minimum Gasteiger partial charge on any atom is -0.440 e. The third-order valence-corrected chi connectivity index (χ3v) is 3.50. The van der Waals surface area contributed by atoms with Gasteiger partial charge in [0.05, 0.1) is 0 Å². The molecule has 1 N–H and O–H groups in total. The van der Waals surface area contributed by atoms with Gasteiger partial charge in [-0.2, -0.15) is 0 Å². The van der Waals surface area contributed by atoms with Crippen molar-refractivity contribution in [3.63, 3.8) is 0 Å². The second-order valence-electron chi connectivity index (χ2n) is 6.64. The highest BCUT2D eigenvalue weighted by Gasteiger charge is 2.22. The molecule has 0 aliphatic heterocycles. The van der Waals surface area contributed by atoms with Crippen LogP contribution in [0.2, 0.25) is 0 Å². The van der Waals surface area contributed by atoms with E-state index in [0.29, 0.717) is 0 Å². The van der Waals surface area contributed by atoms with Crippen LogP contribution in [0.1, 0.15) is 20.8 Å². The fourth-order valence-corrected chi connectivity index (χ4v) is 2.51. The van der Waals surface area contributed by atoms with Crippen molar-refractivity contribution in [1.29, 1.82) is 0 Å². The summed E-state index contributed by atoms with van der Waals surface area (Å²) >= 11 is 0. The summed E-state index contributed by atoms with van der Waals surface area (Å²) in [6.45, 7) is 5.53. The van der Waals surface area contributed by atoms with E-state index in [0.717, 1.165) is 22.0 Å². The van der Waals surface area contributed by atoms with Gasteiger partial charge in [0.2, 0.25) is 11.9 Å². The number of carbonyl (C=O) groups excluding carboxylic acids is 1. The van der Waals surface area contributed by atoms with Crippen LogP contribution >= 0.6 is 0 Å². The lowest BCUT2D eigenvalue weighted by Gasteiger charge is -2.18. The molecule has 122 valence electrons. The Labute approximate surface area is 141 Å². The van der Waals surface area contributed by atoms with Gasteiger partial charge in [-0.3, -0.25) is 0 Å². The van der Waals surface area contributed by atoms with Crippen molar-refractivity contribution in [2.45, 2.75) is 26.4 Å². The first kappa shape index (κ1) is 16.0. The maximum atomic E-state index is 12.2. The van der Waals surface area contributed by atoms with Gasteiger partial charge in [-0.25, -0.2) is 4.79 Å². The van der Waals surface area contributed by atoms with Crippen molar-refractivity contribution in [2.75, 3.05) is 5.43 Å². The zero-order chi connectivity index (χ0) is 17.2. The van der Waals surface area contributed by atoms with Crippen LogP contribution < -0.4 is 10.1 Å². The average Bonchev–Trinajstić information content (AvgIpc) is 2.53. The highest BCUT2D eigenvalue weighted by molar-refractivity contribution is 5.84. The first-order chi connectivity index (χ1) is 11.4. The molecule has 0 spiro atoms. The molecule has 0 atom stereocenters.